The average molecular weight is 327 g/mol. The van der Waals surface area contributed by atoms with E-state index in [-0.39, 0.29) is 4.90 Å². The maximum Gasteiger partial charge on any atom is 0.267 e. The highest BCUT2D eigenvalue weighted by Gasteiger charge is 2.21. The number of halogens is 2. The maximum absolute atomic E-state index is 13.3. The number of amides is 1. The second-order valence-corrected chi connectivity index (χ2v) is 5.89. The summed E-state index contributed by atoms with van der Waals surface area (Å²) in [5, 5.41) is 0. The molecule has 0 radical (unpaired) electrons. The summed E-state index contributed by atoms with van der Waals surface area (Å²) >= 11 is 0. The third-order valence-corrected chi connectivity index (χ3v) is 4.12. The van der Waals surface area contributed by atoms with Crippen molar-refractivity contribution < 1.29 is 22.0 Å². The first-order chi connectivity index (χ1) is 10.3. The van der Waals surface area contributed by atoms with Crippen LogP contribution in [0.5, 0.6) is 0 Å². The Morgan fingerprint density at radius 3 is 2.23 bits per heavy atom. The fraction of sp³-hybridized carbons (Fsp3) is 0. The van der Waals surface area contributed by atoms with Gasteiger partial charge in [0.15, 0.2) is 11.6 Å². The van der Waals surface area contributed by atoms with E-state index in [4.69, 9.17) is 5.84 Å². The van der Waals surface area contributed by atoms with Gasteiger partial charge in [-0.05, 0) is 18.2 Å². The van der Waals surface area contributed by atoms with E-state index in [1.54, 1.807) is 11.5 Å². The molecule has 9 heteroatoms. The molecule has 6 nitrogen and oxygen atoms in total. The molecule has 0 heterocycles. The Morgan fingerprint density at radius 2 is 1.64 bits per heavy atom. The van der Waals surface area contributed by atoms with Crippen LogP contribution in [-0.2, 0) is 10.0 Å². The van der Waals surface area contributed by atoms with Crippen molar-refractivity contribution in [2.24, 2.45) is 5.84 Å². The molecule has 0 aliphatic heterocycles. The monoisotopic (exact) mass is 327 g/mol. The van der Waals surface area contributed by atoms with Crippen molar-refractivity contribution in [3.05, 3.63) is 59.7 Å². The predicted octanol–water partition coefficient (Wildman–Crippen LogP) is 1.37. The zero-order chi connectivity index (χ0) is 16.3. The number of rotatable bonds is 4. The number of nitrogens with one attached hydrogen (secondary N) is 2. The minimum atomic E-state index is -4.07. The molecular formula is C13H11F2N3O3S. The number of hydrogen-bond acceptors (Lipinski definition) is 4. The quantitative estimate of drug-likeness (QED) is 0.448. The van der Waals surface area contributed by atoms with Crippen molar-refractivity contribution in [3.8, 4) is 0 Å². The Morgan fingerprint density at radius 1 is 1.05 bits per heavy atom. The minimum Gasteiger partial charge on any atom is -0.290 e. The van der Waals surface area contributed by atoms with Crippen molar-refractivity contribution >= 4 is 21.6 Å². The summed E-state index contributed by atoms with van der Waals surface area (Å²) in [6.07, 6.45) is 0. The highest BCUT2D eigenvalue weighted by molar-refractivity contribution is 7.92. The molecule has 0 unspecified atom stereocenters. The lowest BCUT2D eigenvalue weighted by Crippen LogP contribution is -2.31. The minimum absolute atomic E-state index is 0.0983. The Hall–Kier alpha value is -2.52. The first-order valence-corrected chi connectivity index (χ1v) is 7.41. The van der Waals surface area contributed by atoms with Crippen molar-refractivity contribution in [2.45, 2.75) is 4.90 Å². The van der Waals surface area contributed by atoms with E-state index < -0.39 is 38.8 Å². The average Bonchev–Trinajstić information content (AvgIpc) is 2.50. The molecule has 0 fully saturated rings. The van der Waals surface area contributed by atoms with E-state index in [2.05, 4.69) is 0 Å². The van der Waals surface area contributed by atoms with Gasteiger partial charge in [-0.2, -0.15) is 0 Å². The van der Waals surface area contributed by atoms with Crippen molar-refractivity contribution in [3.63, 3.8) is 0 Å². The molecule has 116 valence electrons. The van der Waals surface area contributed by atoms with Crippen molar-refractivity contribution in [2.75, 3.05) is 4.72 Å². The van der Waals surface area contributed by atoms with Gasteiger partial charge in [-0.25, -0.2) is 23.0 Å². The summed E-state index contributed by atoms with van der Waals surface area (Å²) in [6.45, 7) is 0. The summed E-state index contributed by atoms with van der Waals surface area (Å²) in [5.74, 6) is 1.36. The largest absolute Gasteiger partial charge is 0.290 e. The molecule has 2 aromatic carbocycles. The number of nitrogens with two attached hydrogens (primary N) is 1. The third kappa shape index (κ3) is 3.21. The van der Waals surface area contributed by atoms with Crippen LogP contribution in [0.4, 0.5) is 14.5 Å². The van der Waals surface area contributed by atoms with E-state index in [0.29, 0.717) is 12.1 Å². The SMILES string of the molecule is NNC(=O)c1cc(F)c(F)cc1NS(=O)(=O)c1ccccc1. The van der Waals surface area contributed by atoms with Crippen LogP contribution >= 0.6 is 0 Å². The molecule has 22 heavy (non-hydrogen) atoms. The molecule has 4 N–H and O–H groups in total. The first-order valence-electron chi connectivity index (χ1n) is 5.93. The molecular weight excluding hydrogens is 316 g/mol. The Kier molecular flexibility index (Phi) is 4.38. The number of sulfonamides is 1. The van der Waals surface area contributed by atoms with Gasteiger partial charge >= 0.3 is 0 Å². The second-order valence-electron chi connectivity index (χ2n) is 4.20. The highest BCUT2D eigenvalue weighted by atomic mass is 32.2. The van der Waals surface area contributed by atoms with Crippen LogP contribution in [0.15, 0.2) is 47.4 Å². The van der Waals surface area contributed by atoms with E-state index in [9.17, 15) is 22.0 Å². The van der Waals surface area contributed by atoms with Gasteiger partial charge in [0, 0.05) is 6.07 Å². The van der Waals surface area contributed by atoms with E-state index in [1.165, 1.54) is 24.3 Å². The van der Waals surface area contributed by atoms with Gasteiger partial charge in [0.05, 0.1) is 16.1 Å². The number of benzene rings is 2. The Labute approximate surface area is 125 Å². The number of hydrogen-bond donors (Lipinski definition) is 3. The molecule has 0 bridgehead atoms. The molecule has 0 aliphatic carbocycles. The highest BCUT2D eigenvalue weighted by Crippen LogP contribution is 2.23. The van der Waals surface area contributed by atoms with Crippen LogP contribution in [0.25, 0.3) is 0 Å². The maximum atomic E-state index is 13.3. The van der Waals surface area contributed by atoms with E-state index in [0.717, 1.165) is 0 Å². The summed E-state index contributed by atoms with van der Waals surface area (Å²) < 4.78 is 52.9. The molecule has 1 amide bonds. The molecule has 0 aromatic heterocycles. The van der Waals surface area contributed by atoms with Crippen LogP contribution in [0, 0.1) is 11.6 Å². The second kappa shape index (κ2) is 6.08. The fourth-order valence-corrected chi connectivity index (χ4v) is 2.79. The number of anilines is 1. The van der Waals surface area contributed by atoms with Crippen molar-refractivity contribution in [1.29, 1.82) is 0 Å². The van der Waals surface area contributed by atoms with Crippen LogP contribution in [0.2, 0.25) is 0 Å². The van der Waals surface area contributed by atoms with Crippen LogP contribution in [0.1, 0.15) is 10.4 Å². The first kappa shape index (κ1) is 15.9. The predicted molar refractivity (Wildman–Crippen MR) is 75.3 cm³/mol. The lowest BCUT2D eigenvalue weighted by molar-refractivity contribution is 0.0954. The van der Waals surface area contributed by atoms with Crippen LogP contribution in [-0.4, -0.2) is 14.3 Å². The van der Waals surface area contributed by atoms with Gasteiger partial charge in [0.1, 0.15) is 0 Å². The van der Waals surface area contributed by atoms with Gasteiger partial charge in [0.2, 0.25) is 0 Å². The zero-order valence-corrected chi connectivity index (χ0v) is 11.8. The van der Waals surface area contributed by atoms with Crippen LogP contribution in [0.3, 0.4) is 0 Å². The molecule has 0 spiro atoms. The number of nitrogen functional groups attached to an aromatic ring is 1. The normalized spacial score (nSPS) is 11.0. The molecule has 0 atom stereocenters. The Bertz CT molecular complexity index is 811. The number of carbonyl (C=O) groups is 1. The molecule has 0 saturated heterocycles. The summed E-state index contributed by atoms with van der Waals surface area (Å²) in [6, 6.07) is 8.35. The third-order valence-electron chi connectivity index (χ3n) is 2.73. The van der Waals surface area contributed by atoms with Crippen LogP contribution < -0.4 is 16.0 Å². The van der Waals surface area contributed by atoms with Gasteiger partial charge in [0.25, 0.3) is 15.9 Å². The summed E-state index contributed by atoms with van der Waals surface area (Å²) in [4.78, 5) is 11.5. The van der Waals surface area contributed by atoms with Gasteiger partial charge < -0.3 is 0 Å². The lowest BCUT2D eigenvalue weighted by Gasteiger charge is -2.12. The van der Waals surface area contributed by atoms with Gasteiger partial charge in [-0.3, -0.25) is 14.9 Å². The van der Waals surface area contributed by atoms with Gasteiger partial charge in [-0.15, -0.1) is 0 Å². The van der Waals surface area contributed by atoms with E-state index in [1.807, 2.05) is 4.72 Å². The zero-order valence-electron chi connectivity index (χ0n) is 11.0. The smallest absolute Gasteiger partial charge is 0.267 e. The number of hydrazine groups is 1. The molecule has 2 rings (SSSR count). The van der Waals surface area contributed by atoms with Gasteiger partial charge in [-0.1, -0.05) is 18.2 Å². The Balaban J connectivity index is 2.49. The molecule has 0 aliphatic rings. The fourth-order valence-electron chi connectivity index (χ4n) is 1.70. The lowest BCUT2D eigenvalue weighted by atomic mass is 10.1. The molecule has 0 saturated carbocycles. The summed E-state index contributed by atoms with van der Waals surface area (Å²) in [7, 11) is -4.07. The number of carbonyl (C=O) groups excluding carboxylic acids is 1. The topological polar surface area (TPSA) is 101 Å². The molecule has 2 aromatic rings. The summed E-state index contributed by atoms with van der Waals surface area (Å²) in [5.41, 5.74) is 0.862. The van der Waals surface area contributed by atoms with Crippen molar-refractivity contribution in [1.82, 2.24) is 5.43 Å². The standard InChI is InChI=1S/C13H11F2N3O3S/c14-10-6-9(13(19)17-16)12(7-11(10)15)18-22(20,21)8-4-2-1-3-5-8/h1-7,18H,16H2,(H,17,19). The van der Waals surface area contributed by atoms with E-state index >= 15 is 0 Å².